The highest BCUT2D eigenvalue weighted by molar-refractivity contribution is 6.30. The van der Waals surface area contributed by atoms with Gasteiger partial charge in [-0.3, -0.25) is 13.9 Å². The van der Waals surface area contributed by atoms with Crippen LogP contribution in [0.25, 0.3) is 11.2 Å². The van der Waals surface area contributed by atoms with Crippen LogP contribution < -0.4 is 20.8 Å². The Morgan fingerprint density at radius 3 is 2.56 bits per heavy atom. The van der Waals surface area contributed by atoms with E-state index in [0.717, 1.165) is 11.1 Å². The Balaban J connectivity index is 1.93. The molecule has 0 unspecified atom stereocenters. The molecular weight excluding hydrogens is 436 g/mol. The number of hydrogen-bond acceptors (Lipinski definition) is 6. The molecule has 0 radical (unpaired) electrons. The number of rotatable bonds is 7. The molecule has 0 fully saturated rings. The third-order valence-electron chi connectivity index (χ3n) is 4.84. The summed E-state index contributed by atoms with van der Waals surface area (Å²) in [4.78, 5) is 35.5. The molecule has 9 nitrogen and oxygen atoms in total. The van der Waals surface area contributed by atoms with Crippen molar-refractivity contribution in [2.24, 2.45) is 7.05 Å². The fourth-order valence-corrected chi connectivity index (χ4v) is 3.43. The summed E-state index contributed by atoms with van der Waals surface area (Å²) in [5.41, 5.74) is 0.711. The number of halogens is 1. The van der Waals surface area contributed by atoms with E-state index < -0.39 is 11.2 Å². The summed E-state index contributed by atoms with van der Waals surface area (Å²) in [6.45, 7) is 1.62. The summed E-state index contributed by atoms with van der Waals surface area (Å²) in [7, 11) is 1.49. The van der Waals surface area contributed by atoms with Crippen LogP contribution in [0.5, 0.6) is 11.8 Å². The van der Waals surface area contributed by atoms with Gasteiger partial charge in [0.25, 0.3) is 0 Å². The molecule has 0 spiro atoms. The van der Waals surface area contributed by atoms with Gasteiger partial charge in [0.15, 0.2) is 11.2 Å². The highest BCUT2D eigenvalue weighted by Gasteiger charge is 2.22. The number of benzene rings is 2. The lowest BCUT2D eigenvalue weighted by Crippen LogP contribution is -2.44. The van der Waals surface area contributed by atoms with Gasteiger partial charge in [-0.05, 0) is 42.3 Å². The summed E-state index contributed by atoms with van der Waals surface area (Å²) in [5, 5.41) is 9.64. The highest BCUT2D eigenvalue weighted by Crippen LogP contribution is 2.26. The van der Waals surface area contributed by atoms with Crippen LogP contribution in [0.1, 0.15) is 11.1 Å². The lowest BCUT2D eigenvalue weighted by molar-refractivity contribution is 0.0603. The number of nitrogens with zero attached hydrogens (tertiary/aromatic N) is 4. The Morgan fingerprint density at radius 2 is 1.88 bits per heavy atom. The SMILES string of the molecule is Cc1cccc(Oc2nc3c(c(=O)n(OCCO)c(=O)n3C)n2Cc2ccc(Cl)cc2)c1. The van der Waals surface area contributed by atoms with Crippen molar-refractivity contribution in [1.82, 2.24) is 18.8 Å². The van der Waals surface area contributed by atoms with E-state index in [9.17, 15) is 9.59 Å². The maximum Gasteiger partial charge on any atom is 0.366 e. The maximum absolute atomic E-state index is 13.2. The van der Waals surface area contributed by atoms with Crippen LogP contribution in [0.15, 0.2) is 58.1 Å². The molecule has 0 saturated heterocycles. The van der Waals surface area contributed by atoms with Crippen LogP contribution in [-0.4, -0.2) is 37.2 Å². The zero-order valence-electron chi connectivity index (χ0n) is 17.5. The van der Waals surface area contributed by atoms with E-state index in [1.807, 2.05) is 37.3 Å². The maximum atomic E-state index is 13.2. The average Bonchev–Trinajstić information content (AvgIpc) is 3.12. The van der Waals surface area contributed by atoms with Gasteiger partial charge >= 0.3 is 17.3 Å². The van der Waals surface area contributed by atoms with Gasteiger partial charge in [0.05, 0.1) is 13.2 Å². The Bertz CT molecular complexity index is 1390. The van der Waals surface area contributed by atoms with Crippen molar-refractivity contribution in [3.63, 3.8) is 0 Å². The van der Waals surface area contributed by atoms with E-state index in [1.54, 1.807) is 22.8 Å². The standard InChI is InChI=1S/C22H21ClN4O5/c1-14-4-3-5-17(12-14)32-21-24-19-18(26(21)13-15-6-8-16(23)9-7-15)20(29)27(31-11-10-28)22(30)25(19)2/h3-9,12,28H,10-11,13H2,1-2H3. The highest BCUT2D eigenvalue weighted by atomic mass is 35.5. The first-order valence-corrected chi connectivity index (χ1v) is 10.2. The summed E-state index contributed by atoms with van der Waals surface area (Å²) < 4.78 is 9.43. The first kappa shape index (κ1) is 21.7. The number of imidazole rings is 1. The minimum absolute atomic E-state index is 0.127. The number of hydrogen-bond donors (Lipinski definition) is 1. The molecule has 0 saturated carbocycles. The topological polar surface area (TPSA) is 101 Å². The number of aliphatic hydroxyl groups is 1. The number of aliphatic hydroxyl groups excluding tert-OH is 1. The van der Waals surface area contributed by atoms with Gasteiger partial charge in [-0.15, -0.1) is 0 Å². The third kappa shape index (κ3) is 4.12. The van der Waals surface area contributed by atoms with Crippen molar-refractivity contribution in [3.05, 3.63) is 85.5 Å². The van der Waals surface area contributed by atoms with Crippen molar-refractivity contribution >= 4 is 22.8 Å². The van der Waals surface area contributed by atoms with Crippen molar-refractivity contribution in [3.8, 4) is 11.8 Å². The summed E-state index contributed by atoms with van der Waals surface area (Å²) >= 11 is 6.00. The summed E-state index contributed by atoms with van der Waals surface area (Å²) in [6.07, 6.45) is 0. The predicted molar refractivity (Wildman–Crippen MR) is 120 cm³/mol. The number of ether oxygens (including phenoxy) is 1. The van der Waals surface area contributed by atoms with E-state index in [2.05, 4.69) is 4.98 Å². The van der Waals surface area contributed by atoms with Crippen LogP contribution in [0.2, 0.25) is 5.02 Å². The molecular formula is C22H21ClN4O5. The molecule has 2 aromatic carbocycles. The molecule has 0 aliphatic carbocycles. The minimum Gasteiger partial charge on any atom is -0.425 e. The second-order valence-electron chi connectivity index (χ2n) is 7.20. The third-order valence-corrected chi connectivity index (χ3v) is 5.10. The molecule has 2 heterocycles. The minimum atomic E-state index is -0.714. The first-order valence-electron chi connectivity index (χ1n) is 9.84. The molecule has 0 aliphatic heterocycles. The van der Waals surface area contributed by atoms with Crippen molar-refractivity contribution in [2.75, 3.05) is 13.2 Å². The number of aromatic nitrogens is 4. The molecule has 0 bridgehead atoms. The molecule has 0 amide bonds. The van der Waals surface area contributed by atoms with Crippen LogP contribution in [-0.2, 0) is 13.6 Å². The molecule has 2 aromatic heterocycles. The summed E-state index contributed by atoms with van der Waals surface area (Å²) in [6, 6.07) is 14.7. The quantitative estimate of drug-likeness (QED) is 0.457. The smallest absolute Gasteiger partial charge is 0.366 e. The van der Waals surface area contributed by atoms with Crippen LogP contribution in [0.3, 0.4) is 0 Å². The van der Waals surface area contributed by atoms with Gasteiger partial charge in [-0.1, -0.05) is 40.6 Å². The van der Waals surface area contributed by atoms with Crippen LogP contribution >= 0.6 is 11.6 Å². The largest absolute Gasteiger partial charge is 0.425 e. The van der Waals surface area contributed by atoms with E-state index in [4.69, 9.17) is 26.3 Å². The average molecular weight is 457 g/mol. The normalized spacial score (nSPS) is 11.1. The lowest BCUT2D eigenvalue weighted by Gasteiger charge is -2.12. The number of aryl methyl sites for hydroxylation is 2. The van der Waals surface area contributed by atoms with Crippen LogP contribution in [0.4, 0.5) is 0 Å². The van der Waals surface area contributed by atoms with Gasteiger partial charge in [0.2, 0.25) is 0 Å². The van der Waals surface area contributed by atoms with Gasteiger partial charge in [-0.2, -0.15) is 4.98 Å². The molecule has 4 aromatic rings. The molecule has 32 heavy (non-hydrogen) atoms. The molecule has 4 rings (SSSR count). The second-order valence-corrected chi connectivity index (χ2v) is 7.63. The Morgan fingerprint density at radius 1 is 1.12 bits per heavy atom. The second kappa shape index (κ2) is 8.89. The fraction of sp³-hybridized carbons (Fsp3) is 0.227. The molecule has 166 valence electrons. The Kier molecular flexibility index (Phi) is 6.02. The van der Waals surface area contributed by atoms with Crippen molar-refractivity contribution in [1.29, 1.82) is 0 Å². The van der Waals surface area contributed by atoms with E-state index in [0.29, 0.717) is 15.5 Å². The predicted octanol–water partition coefficient (Wildman–Crippen LogP) is 2.12. The summed E-state index contributed by atoms with van der Waals surface area (Å²) in [5.74, 6) is 0.541. The van der Waals surface area contributed by atoms with Gasteiger partial charge in [0.1, 0.15) is 12.4 Å². The fourth-order valence-electron chi connectivity index (χ4n) is 3.30. The Labute approximate surface area is 187 Å². The van der Waals surface area contributed by atoms with Crippen molar-refractivity contribution < 1.29 is 14.7 Å². The molecule has 1 N–H and O–H groups in total. The van der Waals surface area contributed by atoms with E-state index in [1.165, 1.54) is 11.6 Å². The lowest BCUT2D eigenvalue weighted by atomic mass is 10.2. The van der Waals surface area contributed by atoms with Crippen LogP contribution in [0, 0.1) is 6.92 Å². The molecule has 0 aliphatic rings. The van der Waals surface area contributed by atoms with Gasteiger partial charge < -0.3 is 14.7 Å². The molecule has 10 heteroatoms. The number of fused-ring (bicyclic) bond motifs is 1. The first-order chi connectivity index (χ1) is 15.4. The molecule has 0 atom stereocenters. The zero-order chi connectivity index (χ0) is 22.8. The zero-order valence-corrected chi connectivity index (χ0v) is 18.2. The monoisotopic (exact) mass is 456 g/mol. The van der Waals surface area contributed by atoms with Gasteiger partial charge in [0, 0.05) is 12.1 Å². The van der Waals surface area contributed by atoms with Gasteiger partial charge in [-0.25, -0.2) is 4.79 Å². The van der Waals surface area contributed by atoms with Crippen molar-refractivity contribution in [2.45, 2.75) is 13.5 Å². The van der Waals surface area contributed by atoms with E-state index in [-0.39, 0.29) is 36.9 Å². The van der Waals surface area contributed by atoms with E-state index >= 15 is 0 Å². The Hall–Kier alpha value is -3.56.